The molecule has 0 radical (unpaired) electrons. The van der Waals surface area contributed by atoms with Crippen LogP contribution in [0.4, 0.5) is 13.2 Å². The molecule has 0 spiro atoms. The van der Waals surface area contributed by atoms with Crippen LogP contribution >= 0.6 is 12.6 Å². The van der Waals surface area contributed by atoms with Crippen molar-refractivity contribution in [2.24, 2.45) is 5.73 Å². The van der Waals surface area contributed by atoms with Gasteiger partial charge in [-0.25, -0.2) is 4.79 Å². The van der Waals surface area contributed by atoms with Gasteiger partial charge in [0.05, 0.1) is 6.04 Å². The number of carbonyl (C=O) groups excluding carboxylic acids is 1. The van der Waals surface area contributed by atoms with Crippen molar-refractivity contribution in [1.82, 2.24) is 5.32 Å². The number of thiol groups is 1. The van der Waals surface area contributed by atoms with Gasteiger partial charge in [-0.2, -0.15) is 25.8 Å². The summed E-state index contributed by atoms with van der Waals surface area (Å²) >= 11 is 3.77. The minimum absolute atomic E-state index is 0.200. The van der Waals surface area contributed by atoms with E-state index in [-0.39, 0.29) is 5.75 Å². The summed E-state index contributed by atoms with van der Waals surface area (Å²) in [5, 5.41) is 17.4. The molecule has 5 N–H and O–H groups in total. The van der Waals surface area contributed by atoms with Crippen LogP contribution in [0.25, 0.3) is 0 Å². The molecule has 0 aromatic heterocycles. The Morgan fingerprint density at radius 3 is 1.89 bits per heavy atom. The first kappa shape index (κ1) is 18.9. The van der Waals surface area contributed by atoms with Crippen molar-refractivity contribution in [1.29, 1.82) is 0 Å². The van der Waals surface area contributed by atoms with Crippen molar-refractivity contribution in [2.75, 3.05) is 12.3 Å². The van der Waals surface area contributed by atoms with Gasteiger partial charge in [0.2, 0.25) is 5.91 Å². The zero-order valence-electron chi connectivity index (χ0n) is 8.77. The monoisotopic (exact) mass is 292 g/mol. The molecular weight excluding hydrogens is 281 g/mol. The highest BCUT2D eigenvalue weighted by atomic mass is 32.1. The number of alkyl halides is 3. The molecule has 0 unspecified atom stereocenters. The molecule has 0 aliphatic heterocycles. The second-order valence-electron chi connectivity index (χ2n) is 2.70. The number of nitrogens with two attached hydrogens (primary N) is 1. The fourth-order valence-electron chi connectivity index (χ4n) is 0.377. The van der Waals surface area contributed by atoms with Crippen LogP contribution in [-0.4, -0.2) is 52.6 Å². The fraction of sp³-hybridized carbons (Fsp3) is 0.571. The Kier molecular flexibility index (Phi) is 8.99. The first-order valence-corrected chi connectivity index (χ1v) is 4.81. The summed E-state index contributed by atoms with van der Waals surface area (Å²) in [6, 6.07) is -0.738. The smallest absolute Gasteiger partial charge is 0.480 e. The molecule has 0 aliphatic rings. The molecule has 0 heterocycles. The van der Waals surface area contributed by atoms with Gasteiger partial charge in [-0.3, -0.25) is 9.59 Å². The Morgan fingerprint density at radius 2 is 1.67 bits per heavy atom. The molecule has 18 heavy (non-hydrogen) atoms. The molecule has 0 saturated carbocycles. The predicted octanol–water partition coefficient (Wildman–Crippen LogP) is -0.922. The van der Waals surface area contributed by atoms with Gasteiger partial charge in [0.25, 0.3) is 0 Å². The minimum Gasteiger partial charge on any atom is -0.480 e. The first-order chi connectivity index (χ1) is 8.02. The van der Waals surface area contributed by atoms with Crippen LogP contribution in [0.1, 0.15) is 0 Å². The van der Waals surface area contributed by atoms with Crippen molar-refractivity contribution < 1.29 is 37.8 Å². The van der Waals surface area contributed by atoms with Gasteiger partial charge in [-0.15, -0.1) is 0 Å². The van der Waals surface area contributed by atoms with E-state index in [0.717, 1.165) is 0 Å². The van der Waals surface area contributed by atoms with Crippen LogP contribution in [-0.2, 0) is 14.4 Å². The Hall–Kier alpha value is -1.49. The highest BCUT2D eigenvalue weighted by Crippen LogP contribution is 2.13. The number of halogens is 3. The summed E-state index contributed by atoms with van der Waals surface area (Å²) in [6.45, 7) is -0.402. The molecule has 1 atom stereocenters. The molecule has 106 valence electrons. The molecule has 0 bridgehead atoms. The van der Waals surface area contributed by atoms with E-state index in [4.69, 9.17) is 20.7 Å². The minimum atomic E-state index is -5.08. The van der Waals surface area contributed by atoms with Crippen molar-refractivity contribution in [3.63, 3.8) is 0 Å². The molecule has 0 aromatic rings. The lowest BCUT2D eigenvalue weighted by Crippen LogP contribution is -2.43. The maximum Gasteiger partial charge on any atom is 0.490 e. The van der Waals surface area contributed by atoms with Crippen LogP contribution in [0.2, 0.25) is 0 Å². The molecule has 0 aliphatic carbocycles. The van der Waals surface area contributed by atoms with E-state index in [1.165, 1.54) is 0 Å². The zero-order chi connectivity index (χ0) is 14.9. The number of hydrogen-bond donors (Lipinski definition) is 5. The average Bonchev–Trinajstić information content (AvgIpc) is 2.24. The fourth-order valence-corrected chi connectivity index (χ4v) is 0.543. The number of amides is 1. The first-order valence-electron chi connectivity index (χ1n) is 4.18. The quantitative estimate of drug-likeness (QED) is 0.426. The van der Waals surface area contributed by atoms with Crippen molar-refractivity contribution in [3.05, 3.63) is 0 Å². The Bertz CT molecular complexity index is 310. The van der Waals surface area contributed by atoms with E-state index in [1.54, 1.807) is 0 Å². The van der Waals surface area contributed by atoms with Crippen molar-refractivity contribution in [2.45, 2.75) is 12.2 Å². The normalized spacial score (nSPS) is 11.8. The summed E-state index contributed by atoms with van der Waals surface area (Å²) in [4.78, 5) is 29.6. The van der Waals surface area contributed by atoms with Crippen LogP contribution in [0.3, 0.4) is 0 Å². The van der Waals surface area contributed by atoms with E-state index in [0.29, 0.717) is 0 Å². The van der Waals surface area contributed by atoms with E-state index in [9.17, 15) is 22.8 Å². The number of nitrogens with one attached hydrogen (secondary N) is 1. The van der Waals surface area contributed by atoms with Crippen LogP contribution in [0.5, 0.6) is 0 Å². The second kappa shape index (κ2) is 8.58. The topological polar surface area (TPSA) is 130 Å². The summed E-state index contributed by atoms with van der Waals surface area (Å²) in [7, 11) is 0. The largest absolute Gasteiger partial charge is 0.490 e. The molecule has 0 rings (SSSR count). The highest BCUT2D eigenvalue weighted by Gasteiger charge is 2.38. The van der Waals surface area contributed by atoms with Gasteiger partial charge in [0.15, 0.2) is 0 Å². The zero-order valence-corrected chi connectivity index (χ0v) is 9.66. The summed E-state index contributed by atoms with van der Waals surface area (Å²) in [6.07, 6.45) is -5.08. The van der Waals surface area contributed by atoms with E-state index >= 15 is 0 Å². The maximum atomic E-state index is 10.7. The SMILES string of the molecule is N[C@@H](CS)C(=O)NCC(=O)O.O=C(O)C(F)(F)F. The lowest BCUT2D eigenvalue weighted by atomic mass is 10.3. The maximum absolute atomic E-state index is 10.7. The molecule has 0 saturated heterocycles. The van der Waals surface area contributed by atoms with Crippen LogP contribution < -0.4 is 11.1 Å². The Morgan fingerprint density at radius 1 is 1.28 bits per heavy atom. The van der Waals surface area contributed by atoms with Gasteiger partial charge >= 0.3 is 18.1 Å². The van der Waals surface area contributed by atoms with Crippen molar-refractivity contribution >= 4 is 30.5 Å². The average molecular weight is 292 g/mol. The molecule has 7 nitrogen and oxygen atoms in total. The second-order valence-corrected chi connectivity index (χ2v) is 3.07. The number of aliphatic carboxylic acids is 2. The van der Waals surface area contributed by atoms with Crippen LogP contribution in [0.15, 0.2) is 0 Å². The summed E-state index contributed by atoms with van der Waals surface area (Å²) in [5.74, 6) is -4.15. The van der Waals surface area contributed by atoms with Gasteiger partial charge < -0.3 is 21.3 Å². The molecule has 0 fully saturated rings. The molecule has 11 heteroatoms. The van der Waals surface area contributed by atoms with Gasteiger partial charge in [-0.05, 0) is 0 Å². The number of carboxylic acid groups (broad SMARTS) is 2. The number of hydrogen-bond acceptors (Lipinski definition) is 5. The molecular formula is C7H11F3N2O5S. The van der Waals surface area contributed by atoms with Gasteiger partial charge in [0.1, 0.15) is 6.54 Å². The van der Waals surface area contributed by atoms with E-state index in [1.807, 2.05) is 0 Å². The standard InChI is InChI=1S/C5H10N2O3S.C2HF3O2/c6-3(2-11)5(10)7-1-4(8)9;3-2(4,5)1(6)7/h3,11H,1-2,6H2,(H,7,10)(H,8,9);(H,6,7)/t3-;/m0./s1. The molecule has 1 amide bonds. The third-order valence-corrected chi connectivity index (χ3v) is 1.58. The number of rotatable bonds is 4. The molecule has 0 aromatic carbocycles. The van der Waals surface area contributed by atoms with E-state index in [2.05, 4.69) is 17.9 Å². The predicted molar refractivity (Wildman–Crippen MR) is 56.2 cm³/mol. The number of carboxylic acids is 2. The summed E-state index contributed by atoms with van der Waals surface area (Å²) in [5.41, 5.74) is 5.22. The van der Waals surface area contributed by atoms with Crippen LogP contribution in [0, 0.1) is 0 Å². The lowest BCUT2D eigenvalue weighted by Gasteiger charge is -2.06. The number of carbonyl (C=O) groups is 3. The summed E-state index contributed by atoms with van der Waals surface area (Å²) < 4.78 is 31.7. The Balaban J connectivity index is 0. The van der Waals surface area contributed by atoms with E-state index < -0.39 is 36.6 Å². The third-order valence-electron chi connectivity index (χ3n) is 1.19. The third kappa shape index (κ3) is 11.0. The van der Waals surface area contributed by atoms with Gasteiger partial charge in [0, 0.05) is 5.75 Å². The Labute approximate surface area is 105 Å². The van der Waals surface area contributed by atoms with Gasteiger partial charge in [-0.1, -0.05) is 0 Å². The highest BCUT2D eigenvalue weighted by molar-refractivity contribution is 7.80. The van der Waals surface area contributed by atoms with Crippen molar-refractivity contribution in [3.8, 4) is 0 Å². The lowest BCUT2D eigenvalue weighted by molar-refractivity contribution is -0.192.